The van der Waals surface area contributed by atoms with E-state index in [4.69, 9.17) is 21.1 Å². The zero-order chi connectivity index (χ0) is 18.5. The van der Waals surface area contributed by atoms with E-state index in [1.54, 1.807) is 30.6 Å². The molecule has 0 spiro atoms. The average molecular weight is 374 g/mol. The summed E-state index contributed by atoms with van der Waals surface area (Å²) in [4.78, 5) is 23.4. The first-order chi connectivity index (χ1) is 12.6. The number of hydrogen-bond donors (Lipinski definition) is 0. The van der Waals surface area contributed by atoms with E-state index in [9.17, 15) is 4.79 Å². The molecule has 3 rings (SSSR count). The van der Waals surface area contributed by atoms with Crippen molar-refractivity contribution in [3.63, 3.8) is 0 Å². The standard InChI is InChI=1S/C19H20ClN3O3/c1-25-17-10-18(26-2)15(20)9-14(17)16(24)6-5-13-11-21-19(22-12-13)23-7-3-4-8-23/h5-6,9-12H,3-4,7-8H2,1-2H3/b6-5+. The largest absolute Gasteiger partial charge is 0.496 e. The van der Waals surface area contributed by atoms with Crippen molar-refractivity contribution in [2.75, 3.05) is 32.2 Å². The Kier molecular flexibility index (Phi) is 5.73. The minimum Gasteiger partial charge on any atom is -0.496 e. The molecule has 1 aliphatic heterocycles. The maximum atomic E-state index is 12.5. The number of ether oxygens (including phenoxy) is 2. The van der Waals surface area contributed by atoms with E-state index in [0.29, 0.717) is 22.1 Å². The molecule has 1 saturated heterocycles. The van der Waals surface area contributed by atoms with Gasteiger partial charge in [-0.2, -0.15) is 0 Å². The van der Waals surface area contributed by atoms with Crippen LogP contribution in [0.1, 0.15) is 28.8 Å². The Labute approximate surface area is 157 Å². The molecule has 1 aliphatic rings. The van der Waals surface area contributed by atoms with Crippen molar-refractivity contribution in [2.45, 2.75) is 12.8 Å². The second-order valence-corrected chi connectivity index (χ2v) is 6.30. The van der Waals surface area contributed by atoms with Gasteiger partial charge >= 0.3 is 0 Å². The first-order valence-electron chi connectivity index (χ1n) is 8.33. The average Bonchev–Trinajstić information content (AvgIpc) is 3.21. The zero-order valence-corrected chi connectivity index (χ0v) is 15.5. The first-order valence-corrected chi connectivity index (χ1v) is 8.71. The highest BCUT2D eigenvalue weighted by atomic mass is 35.5. The van der Waals surface area contributed by atoms with Crippen LogP contribution in [-0.4, -0.2) is 43.1 Å². The molecule has 0 unspecified atom stereocenters. The Morgan fingerprint density at radius 1 is 1.12 bits per heavy atom. The molecule has 0 N–H and O–H groups in total. The van der Waals surface area contributed by atoms with E-state index in [-0.39, 0.29) is 5.78 Å². The van der Waals surface area contributed by atoms with Gasteiger partial charge in [-0.25, -0.2) is 9.97 Å². The highest BCUT2D eigenvalue weighted by Crippen LogP contribution is 2.33. The quantitative estimate of drug-likeness (QED) is 0.569. The van der Waals surface area contributed by atoms with E-state index in [1.807, 2.05) is 0 Å². The summed E-state index contributed by atoms with van der Waals surface area (Å²) in [5.74, 6) is 1.36. The van der Waals surface area contributed by atoms with Gasteiger partial charge < -0.3 is 14.4 Å². The van der Waals surface area contributed by atoms with Crippen molar-refractivity contribution in [1.82, 2.24) is 9.97 Å². The van der Waals surface area contributed by atoms with Crippen LogP contribution in [-0.2, 0) is 0 Å². The van der Waals surface area contributed by atoms with E-state index in [0.717, 1.165) is 24.6 Å². The maximum absolute atomic E-state index is 12.5. The normalized spacial score (nSPS) is 14.0. The molecule has 1 aromatic heterocycles. The molecule has 26 heavy (non-hydrogen) atoms. The lowest BCUT2D eigenvalue weighted by Crippen LogP contribution is -2.20. The predicted octanol–water partition coefficient (Wildman–Crippen LogP) is 3.64. The van der Waals surface area contributed by atoms with Crippen molar-refractivity contribution >= 4 is 29.4 Å². The molecule has 2 heterocycles. The van der Waals surface area contributed by atoms with Crippen LogP contribution in [0.15, 0.2) is 30.6 Å². The lowest BCUT2D eigenvalue weighted by Gasteiger charge is -2.14. The van der Waals surface area contributed by atoms with Crippen LogP contribution in [0.3, 0.4) is 0 Å². The number of anilines is 1. The van der Waals surface area contributed by atoms with Gasteiger partial charge in [0.2, 0.25) is 5.95 Å². The minimum absolute atomic E-state index is 0.227. The van der Waals surface area contributed by atoms with Gasteiger partial charge in [-0.1, -0.05) is 11.6 Å². The lowest BCUT2D eigenvalue weighted by atomic mass is 10.1. The SMILES string of the molecule is COc1cc(OC)c(C(=O)/C=C/c2cnc(N3CCCC3)nc2)cc1Cl. The molecule has 7 heteroatoms. The third-order valence-corrected chi connectivity index (χ3v) is 4.51. The van der Waals surface area contributed by atoms with Crippen LogP contribution in [0.5, 0.6) is 11.5 Å². The first kappa shape index (κ1) is 18.2. The Balaban J connectivity index is 1.76. The van der Waals surface area contributed by atoms with Gasteiger partial charge in [-0.05, 0) is 31.1 Å². The van der Waals surface area contributed by atoms with E-state index in [1.165, 1.54) is 33.1 Å². The fourth-order valence-corrected chi connectivity index (χ4v) is 3.05. The summed E-state index contributed by atoms with van der Waals surface area (Å²) in [5, 5.41) is 0.350. The number of methoxy groups -OCH3 is 2. The van der Waals surface area contributed by atoms with Gasteiger partial charge in [0, 0.05) is 37.1 Å². The van der Waals surface area contributed by atoms with Gasteiger partial charge in [0.15, 0.2) is 5.78 Å². The van der Waals surface area contributed by atoms with Crippen LogP contribution in [0, 0.1) is 0 Å². The smallest absolute Gasteiger partial charge is 0.225 e. The van der Waals surface area contributed by atoms with Gasteiger partial charge in [-0.15, -0.1) is 0 Å². The fourth-order valence-electron chi connectivity index (χ4n) is 2.81. The van der Waals surface area contributed by atoms with Crippen LogP contribution in [0.25, 0.3) is 6.08 Å². The Morgan fingerprint density at radius 2 is 1.77 bits per heavy atom. The van der Waals surface area contributed by atoms with Gasteiger partial charge in [0.25, 0.3) is 0 Å². The fraction of sp³-hybridized carbons (Fsp3) is 0.316. The molecule has 6 nitrogen and oxygen atoms in total. The molecule has 136 valence electrons. The number of benzene rings is 1. The molecule has 0 aliphatic carbocycles. The molecule has 1 aromatic carbocycles. The highest BCUT2D eigenvalue weighted by Gasteiger charge is 2.15. The van der Waals surface area contributed by atoms with Crippen molar-refractivity contribution in [2.24, 2.45) is 0 Å². The third kappa shape index (κ3) is 3.96. The maximum Gasteiger partial charge on any atom is 0.225 e. The second-order valence-electron chi connectivity index (χ2n) is 5.90. The molecule has 2 aromatic rings. The monoisotopic (exact) mass is 373 g/mol. The number of rotatable bonds is 6. The van der Waals surface area contributed by atoms with Crippen molar-refractivity contribution in [1.29, 1.82) is 0 Å². The Morgan fingerprint density at radius 3 is 2.38 bits per heavy atom. The third-order valence-electron chi connectivity index (χ3n) is 4.21. The highest BCUT2D eigenvalue weighted by molar-refractivity contribution is 6.32. The number of nitrogens with zero attached hydrogens (tertiary/aromatic N) is 3. The summed E-state index contributed by atoms with van der Waals surface area (Å²) >= 11 is 6.12. The number of carbonyl (C=O) groups is 1. The predicted molar refractivity (Wildman–Crippen MR) is 101 cm³/mol. The lowest BCUT2D eigenvalue weighted by molar-refractivity contribution is 0.104. The summed E-state index contributed by atoms with van der Waals surface area (Å²) in [6.07, 6.45) is 8.89. The molecule has 0 radical (unpaired) electrons. The summed E-state index contributed by atoms with van der Waals surface area (Å²) in [5.41, 5.74) is 1.11. The van der Waals surface area contributed by atoms with Crippen LogP contribution in [0.4, 0.5) is 5.95 Å². The summed E-state index contributed by atoms with van der Waals surface area (Å²) in [6.45, 7) is 1.98. The van der Waals surface area contributed by atoms with Gasteiger partial charge in [0.05, 0.1) is 24.8 Å². The minimum atomic E-state index is -0.227. The van der Waals surface area contributed by atoms with E-state index < -0.39 is 0 Å². The van der Waals surface area contributed by atoms with Crippen molar-refractivity contribution in [3.8, 4) is 11.5 Å². The number of halogens is 1. The number of hydrogen-bond acceptors (Lipinski definition) is 6. The topological polar surface area (TPSA) is 64.6 Å². The molecule has 1 fully saturated rings. The molecular formula is C19H20ClN3O3. The Hall–Kier alpha value is -2.60. The van der Waals surface area contributed by atoms with Crippen molar-refractivity contribution in [3.05, 3.63) is 46.8 Å². The van der Waals surface area contributed by atoms with Gasteiger partial charge in [-0.3, -0.25) is 4.79 Å². The second kappa shape index (κ2) is 8.19. The van der Waals surface area contributed by atoms with Crippen LogP contribution in [0.2, 0.25) is 5.02 Å². The molecule has 0 saturated carbocycles. The van der Waals surface area contributed by atoms with E-state index >= 15 is 0 Å². The summed E-state index contributed by atoms with van der Waals surface area (Å²) in [6, 6.07) is 3.14. The molecule has 0 amide bonds. The molecular weight excluding hydrogens is 354 g/mol. The number of aromatic nitrogens is 2. The van der Waals surface area contributed by atoms with E-state index in [2.05, 4.69) is 14.9 Å². The van der Waals surface area contributed by atoms with Crippen LogP contribution < -0.4 is 14.4 Å². The number of ketones is 1. The van der Waals surface area contributed by atoms with Gasteiger partial charge in [0.1, 0.15) is 11.5 Å². The Bertz CT molecular complexity index is 816. The van der Waals surface area contributed by atoms with Crippen LogP contribution >= 0.6 is 11.6 Å². The number of allylic oxidation sites excluding steroid dienone is 1. The molecule has 0 atom stereocenters. The number of carbonyl (C=O) groups excluding carboxylic acids is 1. The zero-order valence-electron chi connectivity index (χ0n) is 14.7. The summed E-state index contributed by atoms with van der Waals surface area (Å²) < 4.78 is 10.4. The van der Waals surface area contributed by atoms with Crippen molar-refractivity contribution < 1.29 is 14.3 Å². The molecule has 0 bridgehead atoms. The summed E-state index contributed by atoms with van der Waals surface area (Å²) in [7, 11) is 3.00.